The van der Waals surface area contributed by atoms with E-state index in [1.807, 2.05) is 54.6 Å². The van der Waals surface area contributed by atoms with Gasteiger partial charge in [-0.05, 0) is 35.9 Å². The van der Waals surface area contributed by atoms with Crippen LogP contribution in [0.15, 0.2) is 96.9 Å². The average molecular weight is 646 g/mol. The summed E-state index contributed by atoms with van der Waals surface area (Å²) in [6.45, 7) is 0. The summed E-state index contributed by atoms with van der Waals surface area (Å²) >= 11 is 11.7. The Balaban J connectivity index is 0.000000238. The molecule has 0 bridgehead atoms. The normalized spacial score (nSPS) is 9.77. The first-order valence-electron chi connectivity index (χ1n) is 10.1. The number of nitrogens with zero attached hydrogens (tertiary/aromatic N) is 7. The Morgan fingerprint density at radius 3 is 1.67 bits per heavy atom. The van der Waals surface area contributed by atoms with Gasteiger partial charge in [-0.25, -0.2) is 0 Å². The first kappa shape index (κ1) is 33.1. The van der Waals surface area contributed by atoms with Crippen molar-refractivity contribution >= 4 is 97.1 Å². The molecule has 39 heavy (non-hydrogen) atoms. The topological polar surface area (TPSA) is 156 Å². The summed E-state index contributed by atoms with van der Waals surface area (Å²) < 4.78 is 2.15. The molecule has 2 N–H and O–H groups in total. The molecule has 0 radical (unpaired) electrons. The van der Waals surface area contributed by atoms with Gasteiger partial charge in [-0.15, -0.1) is 38.1 Å². The summed E-state index contributed by atoms with van der Waals surface area (Å²) in [6, 6.07) is 20.0. The molecule has 0 aliphatic rings. The van der Waals surface area contributed by atoms with Crippen LogP contribution in [0.1, 0.15) is 0 Å². The third kappa shape index (κ3) is 9.48. The number of nitrogens with two attached hydrogens (primary N) is 1. The Kier molecular flexibility index (Phi) is 14.3. The standard InChI is InChI=1S/C11H6ClN3S2.C11H8N4S2.ClH.HNO2.Na/c2*12-10-14-15-11(17-10)16-9-5-6-13-8-4-2-1-3-7(8)9;;2-1-3;/h1-6H;1-6H,(H2,12,14);1H;(H,2,3);/q;;;;+1/p-1. The molecule has 0 spiro atoms. The molecule has 0 fully saturated rings. The Morgan fingerprint density at radius 1 is 0.769 bits per heavy atom. The minimum absolute atomic E-state index is 0. The number of nitrogen functional groups attached to an aromatic ring is 1. The van der Waals surface area contributed by atoms with E-state index in [-0.39, 0.29) is 42.0 Å². The van der Waals surface area contributed by atoms with Crippen LogP contribution in [0.25, 0.3) is 21.8 Å². The van der Waals surface area contributed by atoms with Crippen molar-refractivity contribution < 1.29 is 29.6 Å². The molecule has 4 aromatic heterocycles. The molecule has 6 aromatic rings. The van der Waals surface area contributed by atoms with Crippen LogP contribution in [0, 0.1) is 10.1 Å². The number of benzene rings is 2. The van der Waals surface area contributed by atoms with E-state index < -0.39 is 0 Å². The number of hydrogen-bond donors (Lipinski definition) is 1. The molecule has 0 atom stereocenters. The van der Waals surface area contributed by atoms with E-state index >= 15 is 0 Å². The number of pyridine rings is 2. The van der Waals surface area contributed by atoms with Gasteiger partial charge in [0, 0.05) is 33.0 Å². The molecule has 6 rings (SSSR count). The fraction of sp³-hybridized carbons (Fsp3) is 0. The summed E-state index contributed by atoms with van der Waals surface area (Å²) in [5.41, 5.74) is 7.53. The molecular weight excluding hydrogens is 630 g/mol. The van der Waals surface area contributed by atoms with Crippen LogP contribution in [0.5, 0.6) is 0 Å². The van der Waals surface area contributed by atoms with Crippen molar-refractivity contribution in [3.05, 3.63) is 87.6 Å². The van der Waals surface area contributed by atoms with Crippen molar-refractivity contribution in [2.45, 2.75) is 18.5 Å². The fourth-order valence-electron chi connectivity index (χ4n) is 3.00. The van der Waals surface area contributed by atoms with E-state index in [2.05, 4.69) is 36.4 Å². The van der Waals surface area contributed by atoms with Gasteiger partial charge in [-0.2, -0.15) is 0 Å². The van der Waals surface area contributed by atoms with Crippen molar-refractivity contribution in [3.63, 3.8) is 0 Å². The average Bonchev–Trinajstić information content (AvgIpc) is 3.52. The summed E-state index contributed by atoms with van der Waals surface area (Å²) in [4.78, 5) is 18.9. The summed E-state index contributed by atoms with van der Waals surface area (Å²) in [7, 11) is 0. The molecule has 0 saturated carbocycles. The third-order valence-corrected chi connectivity index (χ3v) is 8.44. The number of halogens is 2. The monoisotopic (exact) mass is 644 g/mol. The number of fused-ring (bicyclic) bond motifs is 2. The minimum atomic E-state index is 0. The third-order valence-electron chi connectivity index (χ3n) is 4.42. The van der Waals surface area contributed by atoms with Crippen molar-refractivity contribution in [2.24, 2.45) is 5.34 Å². The SMILES string of the molecule is Cl.Clc1nnc(Sc2ccnc3ccccc23)s1.Nc1nnc(Sc2ccnc3ccccc23)s1.O=N[O-].[Na+]. The smallest absolute Gasteiger partial charge is 0.444 e. The Labute approximate surface area is 271 Å². The van der Waals surface area contributed by atoms with E-state index in [9.17, 15) is 0 Å². The van der Waals surface area contributed by atoms with Gasteiger partial charge in [-0.1, -0.05) is 82.6 Å². The zero-order valence-corrected chi connectivity index (χ0v) is 26.7. The maximum Gasteiger partial charge on any atom is 1.00 e. The van der Waals surface area contributed by atoms with Gasteiger partial charge in [0.25, 0.3) is 0 Å². The van der Waals surface area contributed by atoms with Crippen LogP contribution in [0.2, 0.25) is 4.47 Å². The van der Waals surface area contributed by atoms with E-state index in [0.29, 0.717) is 9.60 Å². The zero-order chi connectivity index (χ0) is 26.0. The first-order valence-corrected chi connectivity index (χ1v) is 13.8. The number of aromatic nitrogens is 6. The van der Waals surface area contributed by atoms with Crippen molar-refractivity contribution in [3.8, 4) is 0 Å². The molecule has 0 aliphatic heterocycles. The van der Waals surface area contributed by atoms with Gasteiger partial charge in [-0.3, -0.25) is 9.97 Å². The maximum atomic E-state index is 8.00. The molecule has 4 heterocycles. The second-order valence-electron chi connectivity index (χ2n) is 6.66. The zero-order valence-electron chi connectivity index (χ0n) is 19.9. The Hall–Kier alpha value is -2.14. The first-order chi connectivity index (χ1) is 18.1. The molecule has 0 unspecified atom stereocenters. The van der Waals surface area contributed by atoms with Gasteiger partial charge < -0.3 is 15.8 Å². The fourth-order valence-corrected chi connectivity index (χ4v) is 6.77. The summed E-state index contributed by atoms with van der Waals surface area (Å²) in [5.74, 6) is 0. The molecule has 194 valence electrons. The van der Waals surface area contributed by atoms with Crippen LogP contribution in [0.3, 0.4) is 0 Å². The van der Waals surface area contributed by atoms with Crippen LogP contribution in [0.4, 0.5) is 5.13 Å². The van der Waals surface area contributed by atoms with Gasteiger partial charge >= 0.3 is 29.6 Å². The van der Waals surface area contributed by atoms with Gasteiger partial charge in [0.15, 0.2) is 8.68 Å². The number of para-hydroxylation sites is 2. The number of anilines is 1. The second-order valence-corrected chi connectivity index (χ2v) is 11.8. The minimum Gasteiger partial charge on any atom is -0.444 e. The van der Waals surface area contributed by atoms with Crippen LogP contribution >= 0.6 is 70.2 Å². The van der Waals surface area contributed by atoms with Gasteiger partial charge in [0.2, 0.25) is 9.60 Å². The number of rotatable bonds is 4. The maximum absolute atomic E-state index is 8.00. The molecule has 17 heteroatoms. The van der Waals surface area contributed by atoms with E-state index in [4.69, 9.17) is 27.4 Å². The van der Waals surface area contributed by atoms with E-state index in [1.165, 1.54) is 22.7 Å². The van der Waals surface area contributed by atoms with Crippen LogP contribution < -0.4 is 35.3 Å². The molecule has 0 aliphatic carbocycles. The summed E-state index contributed by atoms with van der Waals surface area (Å²) in [6.07, 6.45) is 3.60. The molecular formula is C22H15Cl2N8NaO2S4. The van der Waals surface area contributed by atoms with Gasteiger partial charge in [0.1, 0.15) is 0 Å². The summed E-state index contributed by atoms with van der Waals surface area (Å²) in [5, 5.41) is 27.3. The van der Waals surface area contributed by atoms with E-state index in [1.54, 1.807) is 35.9 Å². The largest absolute Gasteiger partial charge is 1.00 e. The molecule has 0 amide bonds. The predicted octanol–water partition coefficient (Wildman–Crippen LogP) is 4.39. The van der Waals surface area contributed by atoms with Crippen molar-refractivity contribution in [1.29, 1.82) is 0 Å². The number of hydrogen-bond acceptors (Lipinski definition) is 14. The van der Waals surface area contributed by atoms with Crippen LogP contribution in [-0.2, 0) is 0 Å². The van der Waals surface area contributed by atoms with Crippen molar-refractivity contribution in [1.82, 2.24) is 30.4 Å². The molecule has 2 aromatic carbocycles. The van der Waals surface area contributed by atoms with E-state index in [0.717, 1.165) is 45.6 Å². The predicted molar refractivity (Wildman–Crippen MR) is 157 cm³/mol. The molecule has 0 saturated heterocycles. The molecule has 10 nitrogen and oxygen atoms in total. The van der Waals surface area contributed by atoms with Crippen LogP contribution in [-0.4, -0.2) is 30.4 Å². The second kappa shape index (κ2) is 16.8. The Morgan fingerprint density at radius 2 is 1.23 bits per heavy atom. The quantitative estimate of drug-likeness (QED) is 0.165. The van der Waals surface area contributed by atoms with Gasteiger partial charge in [0.05, 0.1) is 11.0 Å². The Bertz CT molecular complexity index is 1510. The van der Waals surface area contributed by atoms with Crippen molar-refractivity contribution in [2.75, 3.05) is 5.73 Å².